The largest absolute Gasteiger partial charge is 0.462 e. The smallest absolute Gasteiger partial charge is 0.323 e. The van der Waals surface area contributed by atoms with Crippen LogP contribution >= 0.6 is 0 Å². The Morgan fingerprint density at radius 1 is 1.21 bits per heavy atom. The van der Waals surface area contributed by atoms with E-state index in [2.05, 4.69) is 0 Å². The quantitative estimate of drug-likeness (QED) is 0.350. The average molecular weight is 279 g/mol. The summed E-state index contributed by atoms with van der Waals surface area (Å²) >= 11 is 0. The lowest BCUT2D eigenvalue weighted by molar-refractivity contribution is -0.287. The highest BCUT2D eigenvalue weighted by molar-refractivity contribution is 5.75. The van der Waals surface area contributed by atoms with Crippen LogP contribution in [0.3, 0.4) is 0 Å². The Hall–Kier alpha value is -0.770. The summed E-state index contributed by atoms with van der Waals surface area (Å²) in [6, 6.07) is -0.804. The highest BCUT2D eigenvalue weighted by atomic mass is 16.6. The molecule has 0 amide bonds. The Balaban J connectivity index is 2.51. The normalized spacial score (nSPS) is 37.2. The van der Waals surface area contributed by atoms with Gasteiger partial charge in [0.2, 0.25) is 0 Å². The number of hydrogen-bond acceptors (Lipinski definition) is 8. The third kappa shape index (κ3) is 3.85. The molecule has 0 aromatic rings. The zero-order chi connectivity index (χ0) is 14.7. The van der Waals surface area contributed by atoms with Crippen molar-refractivity contribution in [3.63, 3.8) is 0 Å². The summed E-state index contributed by atoms with van der Waals surface area (Å²) in [6.45, 7) is 3.13. The van der Waals surface area contributed by atoms with Crippen molar-refractivity contribution < 1.29 is 34.7 Å². The van der Waals surface area contributed by atoms with Crippen LogP contribution in [0.1, 0.15) is 13.8 Å². The third-order valence-corrected chi connectivity index (χ3v) is 3.07. The van der Waals surface area contributed by atoms with Crippen molar-refractivity contribution in [3.05, 3.63) is 0 Å². The monoisotopic (exact) mass is 279 g/mol. The maximum Gasteiger partial charge on any atom is 0.323 e. The molecular formula is C11H21NO7. The molecule has 0 aromatic heterocycles. The summed E-state index contributed by atoms with van der Waals surface area (Å²) in [7, 11) is 0. The second kappa shape index (κ2) is 6.60. The van der Waals surface area contributed by atoms with E-state index in [4.69, 9.17) is 15.2 Å². The van der Waals surface area contributed by atoms with Gasteiger partial charge < -0.3 is 35.6 Å². The molecule has 8 heteroatoms. The van der Waals surface area contributed by atoms with Gasteiger partial charge in [-0.1, -0.05) is 13.8 Å². The van der Waals surface area contributed by atoms with Gasteiger partial charge in [0, 0.05) is 0 Å². The molecule has 0 spiro atoms. The predicted octanol–water partition coefficient (Wildman–Crippen LogP) is -2.69. The van der Waals surface area contributed by atoms with Crippen LogP contribution in [0.15, 0.2) is 0 Å². The summed E-state index contributed by atoms with van der Waals surface area (Å²) in [6.07, 6.45) is -7.44. The predicted molar refractivity (Wildman–Crippen MR) is 62.7 cm³/mol. The number of ether oxygens (including phenoxy) is 2. The number of esters is 1. The Kier molecular flexibility index (Phi) is 5.65. The van der Waals surface area contributed by atoms with Crippen molar-refractivity contribution in [1.29, 1.82) is 0 Å². The van der Waals surface area contributed by atoms with Crippen molar-refractivity contribution >= 4 is 5.97 Å². The minimum absolute atomic E-state index is 0.109. The Morgan fingerprint density at radius 3 is 2.32 bits per heavy atom. The third-order valence-electron chi connectivity index (χ3n) is 3.07. The first kappa shape index (κ1) is 16.3. The SMILES string of the molecule is CC(C)[C@H](N)C(=O)OC[C@H]1O[C@H](O)[C@H](O)[C@@H](O)[C@H]1O. The van der Waals surface area contributed by atoms with Crippen LogP contribution in [-0.4, -0.2) is 69.8 Å². The second-order valence-electron chi connectivity index (χ2n) is 4.94. The highest BCUT2D eigenvalue weighted by Crippen LogP contribution is 2.20. The lowest BCUT2D eigenvalue weighted by Crippen LogP contribution is -2.58. The standard InChI is InChI=1S/C11H21NO7/c1-4(2)6(12)10(16)18-3-5-7(13)8(14)9(15)11(17)19-5/h4-9,11,13-15,17H,3,12H2,1-2H3/t5-,6+,7+,8+,9-,11+/m1/s1. The average Bonchev–Trinajstić information content (AvgIpc) is 2.37. The molecule has 1 saturated heterocycles. The molecule has 6 N–H and O–H groups in total. The minimum atomic E-state index is -1.65. The lowest BCUT2D eigenvalue weighted by Gasteiger charge is -2.38. The minimum Gasteiger partial charge on any atom is -0.462 e. The molecule has 0 aromatic carbocycles. The highest BCUT2D eigenvalue weighted by Gasteiger charge is 2.43. The van der Waals surface area contributed by atoms with Gasteiger partial charge in [-0.2, -0.15) is 0 Å². The molecule has 1 heterocycles. The topological polar surface area (TPSA) is 142 Å². The van der Waals surface area contributed by atoms with Gasteiger partial charge in [-0.3, -0.25) is 4.79 Å². The van der Waals surface area contributed by atoms with Crippen LogP contribution in [0.4, 0.5) is 0 Å². The Morgan fingerprint density at radius 2 is 1.79 bits per heavy atom. The molecule has 0 unspecified atom stereocenters. The maximum atomic E-state index is 11.5. The first-order valence-corrected chi connectivity index (χ1v) is 6.05. The van der Waals surface area contributed by atoms with Crippen molar-refractivity contribution in [2.45, 2.75) is 50.6 Å². The van der Waals surface area contributed by atoms with E-state index in [1.165, 1.54) is 0 Å². The first-order valence-electron chi connectivity index (χ1n) is 6.05. The van der Waals surface area contributed by atoms with Crippen LogP contribution in [-0.2, 0) is 14.3 Å². The molecule has 8 nitrogen and oxygen atoms in total. The molecule has 1 rings (SSSR count). The summed E-state index contributed by atoms with van der Waals surface area (Å²) in [5, 5.41) is 37.6. The van der Waals surface area contributed by atoms with E-state index >= 15 is 0 Å². The molecule has 1 aliphatic rings. The number of nitrogens with two attached hydrogens (primary N) is 1. The second-order valence-corrected chi connectivity index (χ2v) is 4.94. The fourth-order valence-electron chi connectivity index (χ4n) is 1.60. The Labute approximate surface area is 110 Å². The summed E-state index contributed by atoms with van der Waals surface area (Å²) in [4.78, 5) is 11.5. The molecule has 0 radical (unpaired) electrons. The van der Waals surface area contributed by atoms with E-state index in [0.717, 1.165) is 0 Å². The van der Waals surface area contributed by atoms with Gasteiger partial charge in [0.05, 0.1) is 0 Å². The number of aliphatic hydroxyl groups excluding tert-OH is 4. The zero-order valence-electron chi connectivity index (χ0n) is 10.8. The number of carbonyl (C=O) groups excluding carboxylic acids is 1. The maximum absolute atomic E-state index is 11.5. The molecule has 1 fully saturated rings. The summed E-state index contributed by atoms with van der Waals surface area (Å²) in [5.41, 5.74) is 5.57. The fraction of sp³-hybridized carbons (Fsp3) is 0.909. The molecule has 1 aliphatic heterocycles. The molecule has 112 valence electrons. The molecule has 0 bridgehead atoms. The number of hydrogen-bond donors (Lipinski definition) is 5. The van der Waals surface area contributed by atoms with Crippen LogP contribution in [0, 0.1) is 5.92 Å². The number of rotatable bonds is 4. The van der Waals surface area contributed by atoms with Crippen LogP contribution in [0.5, 0.6) is 0 Å². The van der Waals surface area contributed by atoms with Crippen molar-refractivity contribution in [1.82, 2.24) is 0 Å². The van der Waals surface area contributed by atoms with E-state index in [9.17, 15) is 25.2 Å². The molecule has 0 saturated carbocycles. The lowest BCUT2D eigenvalue weighted by atomic mass is 9.99. The van der Waals surface area contributed by atoms with E-state index in [0.29, 0.717) is 0 Å². The van der Waals surface area contributed by atoms with Gasteiger partial charge in [0.25, 0.3) is 0 Å². The van der Waals surface area contributed by atoms with Crippen LogP contribution < -0.4 is 5.73 Å². The zero-order valence-corrected chi connectivity index (χ0v) is 10.8. The van der Waals surface area contributed by atoms with Gasteiger partial charge in [-0.15, -0.1) is 0 Å². The van der Waals surface area contributed by atoms with Gasteiger partial charge in [0.15, 0.2) is 6.29 Å². The molecule has 0 aliphatic carbocycles. The van der Waals surface area contributed by atoms with E-state index < -0.39 is 42.7 Å². The van der Waals surface area contributed by atoms with Gasteiger partial charge in [0.1, 0.15) is 37.1 Å². The van der Waals surface area contributed by atoms with Crippen LogP contribution in [0.2, 0.25) is 0 Å². The molecular weight excluding hydrogens is 258 g/mol. The van der Waals surface area contributed by atoms with Crippen molar-refractivity contribution in [3.8, 4) is 0 Å². The van der Waals surface area contributed by atoms with Gasteiger partial charge in [-0.05, 0) is 5.92 Å². The van der Waals surface area contributed by atoms with E-state index in [-0.39, 0.29) is 12.5 Å². The fourth-order valence-corrected chi connectivity index (χ4v) is 1.60. The van der Waals surface area contributed by atoms with Gasteiger partial charge >= 0.3 is 5.97 Å². The van der Waals surface area contributed by atoms with Crippen molar-refractivity contribution in [2.75, 3.05) is 6.61 Å². The summed E-state index contributed by atoms with van der Waals surface area (Å²) in [5.74, 6) is -0.774. The first-order chi connectivity index (χ1) is 8.75. The van der Waals surface area contributed by atoms with E-state index in [1.807, 2.05) is 0 Å². The Bertz CT molecular complexity index is 311. The van der Waals surface area contributed by atoms with E-state index in [1.54, 1.807) is 13.8 Å². The van der Waals surface area contributed by atoms with Crippen molar-refractivity contribution in [2.24, 2.45) is 11.7 Å². The van der Waals surface area contributed by atoms with Crippen LogP contribution in [0.25, 0.3) is 0 Å². The summed E-state index contributed by atoms with van der Waals surface area (Å²) < 4.78 is 9.70. The van der Waals surface area contributed by atoms with Gasteiger partial charge in [-0.25, -0.2) is 0 Å². The molecule has 19 heavy (non-hydrogen) atoms. The number of aliphatic hydroxyl groups is 4. The number of carbonyl (C=O) groups is 1. The molecule has 6 atom stereocenters.